The number of likely N-dealkylation sites (N-methyl/N-ethyl adjacent to an activating group) is 1. The maximum absolute atomic E-state index is 14.4. The van der Waals surface area contributed by atoms with Crippen LogP contribution in [-0.2, 0) is 4.79 Å². The van der Waals surface area contributed by atoms with Gasteiger partial charge in [-0.15, -0.1) is 0 Å². The molecule has 0 aliphatic carbocycles. The van der Waals surface area contributed by atoms with Gasteiger partial charge in [0.25, 0.3) is 11.8 Å². The van der Waals surface area contributed by atoms with Crippen LogP contribution in [0.4, 0.5) is 10.5 Å². The lowest BCUT2D eigenvalue weighted by Crippen LogP contribution is -2.54. The largest absolute Gasteiger partial charge is 0.478 e. The van der Waals surface area contributed by atoms with Crippen molar-refractivity contribution in [1.29, 1.82) is 5.26 Å². The van der Waals surface area contributed by atoms with Crippen LogP contribution in [0.2, 0.25) is 10.0 Å². The molecule has 1 N–H and O–H groups in total. The predicted octanol–water partition coefficient (Wildman–Crippen LogP) is 6.31. The molecule has 0 unspecified atom stereocenters. The summed E-state index contributed by atoms with van der Waals surface area (Å²) >= 11 is 12.4. The number of benzene rings is 4. The molecule has 2 heterocycles. The number of amides is 4. The minimum atomic E-state index is -1.44. The first-order valence-corrected chi connectivity index (χ1v) is 14.6. The molecule has 0 aromatic heterocycles. The topological polar surface area (TPSA) is 122 Å². The van der Waals surface area contributed by atoms with Crippen LogP contribution in [0.15, 0.2) is 91.0 Å². The Bertz CT molecular complexity index is 1890. The molecule has 6 rings (SSSR count). The number of carbonyl (C=O) groups is 4. The molecule has 0 radical (unpaired) electrons. The first kappa shape index (κ1) is 29.9. The van der Waals surface area contributed by atoms with Gasteiger partial charge in [-0.25, -0.2) is 14.5 Å². The number of carbonyl (C=O) groups excluding carboxylic acids is 3. The maximum Gasteiger partial charge on any atom is 0.335 e. The molecule has 4 aromatic carbocycles. The smallest absolute Gasteiger partial charge is 0.335 e. The monoisotopic (exact) mass is 638 g/mol. The van der Waals surface area contributed by atoms with Gasteiger partial charge >= 0.3 is 12.0 Å². The van der Waals surface area contributed by atoms with Crippen molar-refractivity contribution in [1.82, 2.24) is 9.80 Å². The van der Waals surface area contributed by atoms with E-state index in [0.717, 1.165) is 16.0 Å². The van der Waals surface area contributed by atoms with Gasteiger partial charge in [0.05, 0.1) is 29.4 Å². The van der Waals surface area contributed by atoms with Crippen molar-refractivity contribution in [3.63, 3.8) is 0 Å². The number of aromatic carboxylic acids is 1. The van der Waals surface area contributed by atoms with Gasteiger partial charge in [0.1, 0.15) is 5.54 Å². The molecule has 2 fully saturated rings. The highest BCUT2D eigenvalue weighted by Crippen LogP contribution is 2.47. The summed E-state index contributed by atoms with van der Waals surface area (Å²) in [6.07, 6.45) is 0. The predicted molar refractivity (Wildman–Crippen MR) is 168 cm³/mol. The highest BCUT2D eigenvalue weighted by Gasteiger charge is 2.65. The lowest BCUT2D eigenvalue weighted by molar-refractivity contribution is -0.124. The Kier molecular flexibility index (Phi) is 7.57. The fraction of sp³-hybridized carbons (Fsp3) is 0.147. The van der Waals surface area contributed by atoms with E-state index in [1.807, 2.05) is 0 Å². The fourth-order valence-corrected chi connectivity index (χ4v) is 6.67. The lowest BCUT2D eigenvalue weighted by Gasteiger charge is -2.33. The maximum atomic E-state index is 14.4. The molecule has 0 saturated carbocycles. The second-order valence-corrected chi connectivity index (χ2v) is 11.8. The SMILES string of the molecule is CN1C(=O)N(c2cc(Cl)cc(Cl)c2)C(=O)[C@]12CN(C(=O)c1ccc(-c3ccc(C(=O)O)cc3)cc1)C[C@H]2c1ccc(C#N)cc1. The molecule has 1 spiro atoms. The number of nitriles is 1. The minimum absolute atomic E-state index is 0.0687. The van der Waals surface area contributed by atoms with Crippen LogP contribution in [0.25, 0.3) is 11.1 Å². The first-order chi connectivity index (χ1) is 21.5. The highest BCUT2D eigenvalue weighted by atomic mass is 35.5. The summed E-state index contributed by atoms with van der Waals surface area (Å²) in [6, 6.07) is 26.1. The van der Waals surface area contributed by atoms with Gasteiger partial charge in [0.2, 0.25) is 0 Å². The van der Waals surface area contributed by atoms with E-state index >= 15 is 0 Å². The molecule has 11 heteroatoms. The van der Waals surface area contributed by atoms with E-state index in [4.69, 9.17) is 28.3 Å². The summed E-state index contributed by atoms with van der Waals surface area (Å²) in [5.41, 5.74) is 2.06. The third-order valence-corrected chi connectivity index (χ3v) is 8.93. The zero-order valence-corrected chi connectivity index (χ0v) is 25.3. The normalized spacial score (nSPS) is 19.3. The van der Waals surface area contributed by atoms with Gasteiger partial charge in [0, 0.05) is 35.1 Å². The molecule has 4 amide bonds. The van der Waals surface area contributed by atoms with Crippen LogP contribution in [0.5, 0.6) is 0 Å². The molecule has 9 nitrogen and oxygen atoms in total. The number of hydrogen-bond acceptors (Lipinski definition) is 5. The number of carboxylic acids is 1. The molecule has 2 aliphatic heterocycles. The number of nitrogens with zero attached hydrogens (tertiary/aromatic N) is 4. The molecule has 45 heavy (non-hydrogen) atoms. The summed E-state index contributed by atoms with van der Waals surface area (Å²) in [5.74, 6) is -2.46. The number of likely N-dealkylation sites (tertiary alicyclic amines) is 1. The van der Waals surface area contributed by atoms with Crippen molar-refractivity contribution in [2.45, 2.75) is 11.5 Å². The van der Waals surface area contributed by atoms with E-state index in [9.17, 15) is 24.4 Å². The first-order valence-electron chi connectivity index (χ1n) is 13.8. The summed E-state index contributed by atoms with van der Waals surface area (Å²) in [4.78, 5) is 57.2. The van der Waals surface area contributed by atoms with Crippen molar-refractivity contribution in [3.05, 3.63) is 123 Å². The number of urea groups is 1. The second-order valence-electron chi connectivity index (χ2n) is 11.0. The van der Waals surface area contributed by atoms with Gasteiger partial charge < -0.3 is 14.9 Å². The van der Waals surface area contributed by atoms with E-state index in [0.29, 0.717) is 16.7 Å². The van der Waals surface area contributed by atoms with Crippen LogP contribution < -0.4 is 4.90 Å². The Hall–Kier alpha value is -5.17. The van der Waals surface area contributed by atoms with E-state index in [1.165, 1.54) is 35.2 Å². The fourth-order valence-electron chi connectivity index (χ4n) is 6.15. The van der Waals surface area contributed by atoms with Crippen molar-refractivity contribution >= 4 is 52.7 Å². The number of imide groups is 1. The molecular formula is C34H24Cl2N4O5. The minimum Gasteiger partial charge on any atom is -0.478 e. The quantitative estimate of drug-likeness (QED) is 0.256. The van der Waals surface area contributed by atoms with Gasteiger partial charge in [-0.05, 0) is 71.3 Å². The van der Waals surface area contributed by atoms with Crippen LogP contribution in [0.1, 0.15) is 37.8 Å². The van der Waals surface area contributed by atoms with Gasteiger partial charge in [-0.3, -0.25) is 9.59 Å². The van der Waals surface area contributed by atoms with Crippen molar-refractivity contribution in [2.75, 3.05) is 25.0 Å². The third kappa shape index (κ3) is 5.08. The third-order valence-electron chi connectivity index (χ3n) is 8.49. The zero-order chi connectivity index (χ0) is 32.0. The van der Waals surface area contributed by atoms with Crippen molar-refractivity contribution < 1.29 is 24.3 Å². The number of rotatable bonds is 5. The highest BCUT2D eigenvalue weighted by molar-refractivity contribution is 6.36. The van der Waals surface area contributed by atoms with E-state index in [1.54, 1.807) is 72.6 Å². The Morgan fingerprint density at radius 2 is 1.42 bits per heavy atom. The van der Waals surface area contributed by atoms with E-state index in [-0.39, 0.29) is 40.3 Å². The number of anilines is 1. The van der Waals surface area contributed by atoms with Crippen LogP contribution >= 0.6 is 23.2 Å². The molecular weight excluding hydrogens is 615 g/mol. The summed E-state index contributed by atoms with van der Waals surface area (Å²) in [5, 5.41) is 19.0. The van der Waals surface area contributed by atoms with Crippen molar-refractivity contribution in [3.8, 4) is 17.2 Å². The zero-order valence-electron chi connectivity index (χ0n) is 23.8. The summed E-state index contributed by atoms with van der Waals surface area (Å²) in [6.45, 7) is 0.0669. The van der Waals surface area contributed by atoms with Crippen molar-refractivity contribution in [2.24, 2.45) is 0 Å². The van der Waals surface area contributed by atoms with E-state index < -0.39 is 29.4 Å². The molecule has 2 aliphatic rings. The lowest BCUT2D eigenvalue weighted by atomic mass is 9.80. The molecule has 0 bridgehead atoms. The van der Waals surface area contributed by atoms with Crippen LogP contribution in [-0.4, -0.2) is 64.4 Å². The second kappa shape index (κ2) is 11.4. The summed E-state index contributed by atoms with van der Waals surface area (Å²) in [7, 11) is 1.54. The van der Waals surface area contributed by atoms with Crippen LogP contribution in [0, 0.1) is 11.3 Å². The average molecular weight is 639 g/mol. The molecule has 2 atom stereocenters. The average Bonchev–Trinajstić information content (AvgIpc) is 3.53. The Morgan fingerprint density at radius 3 is 1.96 bits per heavy atom. The Balaban J connectivity index is 1.35. The summed E-state index contributed by atoms with van der Waals surface area (Å²) < 4.78 is 0. The Morgan fingerprint density at radius 1 is 0.867 bits per heavy atom. The van der Waals surface area contributed by atoms with Crippen LogP contribution in [0.3, 0.4) is 0 Å². The molecule has 224 valence electrons. The number of halogens is 2. The number of carboxylic acid groups (broad SMARTS) is 1. The Labute approximate surface area is 268 Å². The molecule has 4 aromatic rings. The van der Waals surface area contributed by atoms with E-state index in [2.05, 4.69) is 6.07 Å². The van der Waals surface area contributed by atoms with Gasteiger partial charge in [-0.1, -0.05) is 59.6 Å². The number of hydrogen-bond donors (Lipinski definition) is 1. The van der Waals surface area contributed by atoms with Gasteiger partial charge in [0.15, 0.2) is 0 Å². The van der Waals surface area contributed by atoms with Gasteiger partial charge in [-0.2, -0.15) is 5.26 Å². The standard InChI is InChI=1S/C34H24Cl2N4O5/c1-38-33(45)40(28-15-26(35)14-27(36)16-28)32(44)34(38)19-39(18-29(34)23-4-2-20(17-37)3-5-23)30(41)24-10-6-21(7-11-24)22-8-12-25(13-9-22)31(42)43/h2-16,29H,18-19H2,1H3,(H,42,43)/t29-,34+/m0/s1. The molecule has 2 saturated heterocycles.